The van der Waals surface area contributed by atoms with E-state index >= 15 is 0 Å². The molecule has 0 aromatic rings. The third-order valence-corrected chi connectivity index (χ3v) is 5.02. The van der Waals surface area contributed by atoms with Gasteiger partial charge in [0.05, 0.1) is 0 Å². The summed E-state index contributed by atoms with van der Waals surface area (Å²) in [5.74, 6) is -0.825. The zero-order valence-electron chi connectivity index (χ0n) is 12.0. The lowest BCUT2D eigenvalue weighted by Gasteiger charge is -2.33. The Kier molecular flexibility index (Phi) is 6.00. The standard InChI is InChI=1S/C11H20F3N3O3S/c1-3-17(4-2)21(19,20)15-9-6-5-7-16(10(9)18)8-11(12,13)14/h9,15H,3-8H2,1-2H3. The molecule has 1 amide bonds. The van der Waals surface area contributed by atoms with Crippen LogP contribution in [0, 0.1) is 0 Å². The molecule has 1 fully saturated rings. The summed E-state index contributed by atoms with van der Waals surface area (Å²) in [6.45, 7) is 2.36. The molecule has 1 N–H and O–H groups in total. The highest BCUT2D eigenvalue weighted by molar-refractivity contribution is 7.87. The first-order valence-electron chi connectivity index (χ1n) is 6.73. The lowest BCUT2D eigenvalue weighted by Crippen LogP contribution is -2.56. The van der Waals surface area contributed by atoms with Crippen molar-refractivity contribution in [1.82, 2.24) is 13.9 Å². The Morgan fingerprint density at radius 1 is 1.33 bits per heavy atom. The quantitative estimate of drug-likeness (QED) is 0.779. The van der Waals surface area contributed by atoms with Gasteiger partial charge in [-0.1, -0.05) is 13.8 Å². The maximum atomic E-state index is 12.4. The van der Waals surface area contributed by atoms with Crippen molar-refractivity contribution in [3.05, 3.63) is 0 Å². The lowest BCUT2D eigenvalue weighted by molar-refractivity contribution is -0.164. The fourth-order valence-electron chi connectivity index (χ4n) is 2.24. The van der Waals surface area contributed by atoms with Crippen LogP contribution in [0.2, 0.25) is 0 Å². The van der Waals surface area contributed by atoms with E-state index in [1.165, 1.54) is 0 Å². The number of amides is 1. The Morgan fingerprint density at radius 3 is 2.38 bits per heavy atom. The van der Waals surface area contributed by atoms with Gasteiger partial charge in [0.15, 0.2) is 0 Å². The average molecular weight is 331 g/mol. The monoisotopic (exact) mass is 331 g/mol. The molecule has 10 heteroatoms. The van der Waals surface area contributed by atoms with Gasteiger partial charge in [-0.05, 0) is 12.8 Å². The molecule has 0 radical (unpaired) electrons. The van der Waals surface area contributed by atoms with E-state index in [0.29, 0.717) is 11.3 Å². The van der Waals surface area contributed by atoms with Gasteiger partial charge < -0.3 is 4.90 Å². The zero-order valence-corrected chi connectivity index (χ0v) is 12.8. The van der Waals surface area contributed by atoms with E-state index in [9.17, 15) is 26.4 Å². The maximum absolute atomic E-state index is 12.4. The van der Waals surface area contributed by atoms with Crippen LogP contribution in [0.3, 0.4) is 0 Å². The minimum Gasteiger partial charge on any atom is -0.332 e. The molecule has 0 spiro atoms. The molecule has 0 bridgehead atoms. The first kappa shape index (κ1) is 18.2. The van der Waals surface area contributed by atoms with E-state index < -0.39 is 34.9 Å². The number of nitrogens with one attached hydrogen (secondary N) is 1. The van der Waals surface area contributed by atoms with Crippen LogP contribution in [0.4, 0.5) is 13.2 Å². The number of hydrogen-bond donors (Lipinski definition) is 1. The predicted octanol–water partition coefficient (Wildman–Crippen LogP) is 0.716. The second-order valence-electron chi connectivity index (χ2n) is 4.78. The Morgan fingerprint density at radius 2 is 1.90 bits per heavy atom. The number of halogens is 3. The third kappa shape index (κ3) is 5.11. The van der Waals surface area contributed by atoms with Gasteiger partial charge in [-0.25, -0.2) is 0 Å². The molecule has 1 atom stereocenters. The molecule has 1 saturated heterocycles. The second kappa shape index (κ2) is 6.93. The molecule has 124 valence electrons. The summed E-state index contributed by atoms with van der Waals surface area (Å²) >= 11 is 0. The van der Waals surface area contributed by atoms with Crippen LogP contribution in [-0.2, 0) is 15.0 Å². The number of nitrogens with zero attached hydrogens (tertiary/aromatic N) is 2. The van der Waals surface area contributed by atoms with E-state index in [0.717, 1.165) is 4.31 Å². The molecule has 1 unspecified atom stereocenters. The summed E-state index contributed by atoms with van der Waals surface area (Å²) in [5, 5.41) is 0. The molecule has 0 saturated carbocycles. The summed E-state index contributed by atoms with van der Waals surface area (Å²) in [6.07, 6.45) is -3.96. The molecular weight excluding hydrogens is 311 g/mol. The summed E-state index contributed by atoms with van der Waals surface area (Å²) in [5.41, 5.74) is 0. The van der Waals surface area contributed by atoms with Gasteiger partial charge in [0.2, 0.25) is 5.91 Å². The van der Waals surface area contributed by atoms with E-state index in [1.807, 2.05) is 0 Å². The van der Waals surface area contributed by atoms with Crippen molar-refractivity contribution in [2.75, 3.05) is 26.2 Å². The third-order valence-electron chi connectivity index (χ3n) is 3.24. The second-order valence-corrected chi connectivity index (χ2v) is 6.48. The topological polar surface area (TPSA) is 69.7 Å². The Balaban J connectivity index is 2.78. The van der Waals surface area contributed by atoms with E-state index in [1.54, 1.807) is 13.8 Å². The van der Waals surface area contributed by atoms with Gasteiger partial charge in [-0.15, -0.1) is 0 Å². The summed E-state index contributed by atoms with van der Waals surface area (Å²) in [4.78, 5) is 12.6. The molecule has 1 aliphatic heterocycles. The highest BCUT2D eigenvalue weighted by Crippen LogP contribution is 2.21. The smallest absolute Gasteiger partial charge is 0.332 e. The largest absolute Gasteiger partial charge is 0.406 e. The molecular formula is C11H20F3N3O3S. The van der Waals surface area contributed by atoms with Crippen molar-refractivity contribution in [3.8, 4) is 0 Å². The minimum atomic E-state index is -4.49. The van der Waals surface area contributed by atoms with Crippen LogP contribution in [-0.4, -0.2) is 61.9 Å². The van der Waals surface area contributed by atoms with E-state index in [4.69, 9.17) is 0 Å². The van der Waals surface area contributed by atoms with Gasteiger partial charge in [0, 0.05) is 19.6 Å². The molecule has 1 rings (SSSR count). The van der Waals surface area contributed by atoms with Crippen molar-refractivity contribution in [2.24, 2.45) is 0 Å². The van der Waals surface area contributed by atoms with Gasteiger partial charge in [0.1, 0.15) is 12.6 Å². The van der Waals surface area contributed by atoms with Crippen LogP contribution < -0.4 is 4.72 Å². The Labute approximate surface area is 122 Å². The number of piperidine rings is 1. The van der Waals surface area contributed by atoms with Crippen LogP contribution in [0.15, 0.2) is 0 Å². The first-order chi connectivity index (χ1) is 9.60. The fraction of sp³-hybridized carbons (Fsp3) is 0.909. The summed E-state index contributed by atoms with van der Waals surface area (Å²) < 4.78 is 64.5. The molecule has 21 heavy (non-hydrogen) atoms. The zero-order chi connectivity index (χ0) is 16.3. The first-order valence-corrected chi connectivity index (χ1v) is 8.17. The number of carbonyl (C=O) groups excluding carboxylic acids is 1. The number of alkyl halides is 3. The molecule has 6 nitrogen and oxygen atoms in total. The highest BCUT2D eigenvalue weighted by Gasteiger charge is 2.39. The van der Waals surface area contributed by atoms with E-state index in [2.05, 4.69) is 4.72 Å². The number of rotatable bonds is 6. The van der Waals surface area contributed by atoms with Crippen molar-refractivity contribution < 1.29 is 26.4 Å². The van der Waals surface area contributed by atoms with Gasteiger partial charge in [-0.2, -0.15) is 30.6 Å². The SMILES string of the molecule is CCN(CC)S(=O)(=O)NC1CCCN(CC(F)(F)F)C1=O. The molecule has 1 aliphatic rings. The lowest BCUT2D eigenvalue weighted by atomic mass is 10.1. The molecule has 0 aromatic heterocycles. The maximum Gasteiger partial charge on any atom is 0.406 e. The van der Waals surface area contributed by atoms with Crippen LogP contribution >= 0.6 is 0 Å². The number of likely N-dealkylation sites (tertiary alicyclic amines) is 1. The molecule has 1 heterocycles. The average Bonchev–Trinajstić information content (AvgIpc) is 2.33. The molecule has 0 aromatic carbocycles. The van der Waals surface area contributed by atoms with E-state index in [-0.39, 0.29) is 26.1 Å². The van der Waals surface area contributed by atoms with Gasteiger partial charge in [-0.3, -0.25) is 4.79 Å². The van der Waals surface area contributed by atoms with Crippen LogP contribution in [0.5, 0.6) is 0 Å². The van der Waals surface area contributed by atoms with Crippen molar-refractivity contribution >= 4 is 16.1 Å². The predicted molar refractivity (Wildman–Crippen MR) is 70.6 cm³/mol. The number of hydrogen-bond acceptors (Lipinski definition) is 3. The van der Waals surface area contributed by atoms with Gasteiger partial charge >= 0.3 is 6.18 Å². The normalized spacial score (nSPS) is 21.1. The Bertz CT molecular complexity index is 463. The Hall–Kier alpha value is -0.870. The minimum absolute atomic E-state index is 0.0121. The summed E-state index contributed by atoms with van der Waals surface area (Å²) in [6, 6.07) is -1.13. The molecule has 0 aliphatic carbocycles. The van der Waals surface area contributed by atoms with Crippen molar-refractivity contribution in [2.45, 2.75) is 38.9 Å². The van der Waals surface area contributed by atoms with Crippen molar-refractivity contribution in [3.63, 3.8) is 0 Å². The van der Waals surface area contributed by atoms with Crippen LogP contribution in [0.1, 0.15) is 26.7 Å². The summed E-state index contributed by atoms with van der Waals surface area (Å²) in [7, 11) is -3.87. The fourth-order valence-corrected chi connectivity index (χ4v) is 3.65. The van der Waals surface area contributed by atoms with Gasteiger partial charge in [0.25, 0.3) is 10.2 Å². The van der Waals surface area contributed by atoms with Crippen LogP contribution in [0.25, 0.3) is 0 Å². The number of carbonyl (C=O) groups is 1. The van der Waals surface area contributed by atoms with Crippen molar-refractivity contribution in [1.29, 1.82) is 0 Å². The highest BCUT2D eigenvalue weighted by atomic mass is 32.2.